The zero-order valence-corrected chi connectivity index (χ0v) is 12.0. The molecule has 0 radical (unpaired) electrons. The summed E-state index contributed by atoms with van der Waals surface area (Å²) in [5.74, 6) is 0.582. The molecule has 5 nitrogen and oxygen atoms in total. The van der Waals surface area contributed by atoms with Gasteiger partial charge >= 0.3 is 0 Å². The Morgan fingerprint density at radius 2 is 2.00 bits per heavy atom. The van der Waals surface area contributed by atoms with Crippen LogP contribution in [0.3, 0.4) is 0 Å². The molecule has 5 heteroatoms. The van der Waals surface area contributed by atoms with E-state index in [0.29, 0.717) is 18.9 Å². The second kappa shape index (κ2) is 5.90. The third-order valence-corrected chi connectivity index (χ3v) is 4.00. The van der Waals surface area contributed by atoms with E-state index in [1.165, 1.54) is 0 Å². The molecular formula is C14H25N3O2. The first-order chi connectivity index (χ1) is 8.97. The van der Waals surface area contributed by atoms with Crippen molar-refractivity contribution < 1.29 is 9.59 Å². The highest BCUT2D eigenvalue weighted by atomic mass is 16.2. The van der Waals surface area contributed by atoms with Crippen LogP contribution >= 0.6 is 0 Å². The number of piperidine rings is 1. The summed E-state index contributed by atoms with van der Waals surface area (Å²) in [5, 5.41) is 0. The van der Waals surface area contributed by atoms with Crippen LogP contribution in [0.25, 0.3) is 0 Å². The summed E-state index contributed by atoms with van der Waals surface area (Å²) in [7, 11) is 0. The number of hydrogen-bond acceptors (Lipinski definition) is 3. The van der Waals surface area contributed by atoms with Crippen molar-refractivity contribution in [1.29, 1.82) is 0 Å². The maximum absolute atomic E-state index is 12.4. The van der Waals surface area contributed by atoms with Gasteiger partial charge in [0.2, 0.25) is 11.8 Å². The monoisotopic (exact) mass is 267 g/mol. The van der Waals surface area contributed by atoms with Gasteiger partial charge in [0.1, 0.15) is 0 Å². The van der Waals surface area contributed by atoms with Crippen LogP contribution in [0.2, 0.25) is 0 Å². The van der Waals surface area contributed by atoms with Crippen molar-refractivity contribution in [1.82, 2.24) is 9.80 Å². The average molecular weight is 267 g/mol. The van der Waals surface area contributed by atoms with Crippen molar-refractivity contribution in [3.63, 3.8) is 0 Å². The first-order valence-electron chi connectivity index (χ1n) is 7.29. The smallest absolute Gasteiger partial charge is 0.227 e. The third-order valence-electron chi connectivity index (χ3n) is 4.00. The predicted octanol–water partition coefficient (Wildman–Crippen LogP) is 0.441. The lowest BCUT2D eigenvalue weighted by atomic mass is 10.0. The number of hydrogen-bond donors (Lipinski definition) is 1. The molecule has 19 heavy (non-hydrogen) atoms. The third kappa shape index (κ3) is 3.47. The van der Waals surface area contributed by atoms with Crippen molar-refractivity contribution in [2.75, 3.05) is 26.2 Å². The largest absolute Gasteiger partial charge is 0.342 e. The lowest BCUT2D eigenvalue weighted by molar-refractivity contribution is -0.136. The van der Waals surface area contributed by atoms with E-state index >= 15 is 0 Å². The van der Waals surface area contributed by atoms with Crippen molar-refractivity contribution in [2.24, 2.45) is 17.6 Å². The summed E-state index contributed by atoms with van der Waals surface area (Å²) in [6, 6.07) is 0.228. The van der Waals surface area contributed by atoms with Crippen LogP contribution in [0.1, 0.15) is 33.1 Å². The van der Waals surface area contributed by atoms with Gasteiger partial charge < -0.3 is 15.5 Å². The summed E-state index contributed by atoms with van der Waals surface area (Å²) in [6.45, 7) is 7.03. The Morgan fingerprint density at radius 3 is 2.58 bits per heavy atom. The van der Waals surface area contributed by atoms with Crippen LogP contribution in [0.15, 0.2) is 0 Å². The summed E-state index contributed by atoms with van der Waals surface area (Å²) < 4.78 is 0. The van der Waals surface area contributed by atoms with E-state index in [2.05, 4.69) is 13.8 Å². The second-order valence-corrected chi connectivity index (χ2v) is 6.26. The van der Waals surface area contributed by atoms with Gasteiger partial charge in [-0.3, -0.25) is 9.59 Å². The fourth-order valence-corrected chi connectivity index (χ4v) is 2.93. The van der Waals surface area contributed by atoms with Crippen LogP contribution < -0.4 is 5.73 Å². The fourth-order valence-electron chi connectivity index (χ4n) is 2.93. The van der Waals surface area contributed by atoms with E-state index in [-0.39, 0.29) is 23.8 Å². The first-order valence-corrected chi connectivity index (χ1v) is 7.29. The Balaban J connectivity index is 1.89. The second-order valence-electron chi connectivity index (χ2n) is 6.26. The number of nitrogens with two attached hydrogens (primary N) is 1. The molecule has 2 saturated heterocycles. The minimum Gasteiger partial charge on any atom is -0.342 e. The summed E-state index contributed by atoms with van der Waals surface area (Å²) >= 11 is 0. The van der Waals surface area contributed by atoms with Gasteiger partial charge in [0, 0.05) is 38.6 Å². The fraction of sp³-hybridized carbons (Fsp3) is 0.857. The van der Waals surface area contributed by atoms with Crippen LogP contribution in [-0.2, 0) is 9.59 Å². The molecule has 0 bridgehead atoms. The lowest BCUT2D eigenvalue weighted by Gasteiger charge is -2.32. The molecule has 1 atom stereocenters. The Labute approximate surface area is 115 Å². The molecular weight excluding hydrogens is 242 g/mol. The average Bonchev–Trinajstić information content (AvgIpc) is 2.70. The molecule has 0 spiro atoms. The highest BCUT2D eigenvalue weighted by Gasteiger charge is 2.37. The summed E-state index contributed by atoms with van der Waals surface area (Å²) in [6.07, 6.45) is 2.14. The molecule has 0 aliphatic carbocycles. The van der Waals surface area contributed by atoms with Gasteiger partial charge in [0.25, 0.3) is 0 Å². The van der Waals surface area contributed by atoms with E-state index in [9.17, 15) is 9.59 Å². The van der Waals surface area contributed by atoms with Crippen LogP contribution in [0.5, 0.6) is 0 Å². The van der Waals surface area contributed by atoms with Crippen molar-refractivity contribution >= 4 is 11.8 Å². The molecule has 2 fully saturated rings. The zero-order chi connectivity index (χ0) is 14.0. The molecule has 2 aliphatic heterocycles. The Morgan fingerprint density at radius 1 is 1.37 bits per heavy atom. The van der Waals surface area contributed by atoms with E-state index in [0.717, 1.165) is 32.5 Å². The van der Waals surface area contributed by atoms with Crippen molar-refractivity contribution in [3.8, 4) is 0 Å². The molecule has 0 saturated carbocycles. The predicted molar refractivity (Wildman–Crippen MR) is 73.3 cm³/mol. The maximum Gasteiger partial charge on any atom is 0.227 e. The normalized spacial score (nSPS) is 25.5. The molecule has 0 aromatic heterocycles. The number of rotatable bonds is 3. The first kappa shape index (κ1) is 14.3. The van der Waals surface area contributed by atoms with Gasteiger partial charge in [-0.25, -0.2) is 0 Å². The molecule has 2 rings (SSSR count). The topological polar surface area (TPSA) is 66.6 Å². The van der Waals surface area contributed by atoms with E-state index in [1.807, 2.05) is 9.80 Å². The number of amides is 2. The van der Waals surface area contributed by atoms with Crippen molar-refractivity contribution in [2.45, 2.75) is 39.2 Å². The van der Waals surface area contributed by atoms with E-state index in [4.69, 9.17) is 5.73 Å². The summed E-state index contributed by atoms with van der Waals surface area (Å²) in [4.78, 5) is 28.0. The minimum atomic E-state index is -0.138. The summed E-state index contributed by atoms with van der Waals surface area (Å²) in [5.41, 5.74) is 5.85. The Kier molecular flexibility index (Phi) is 4.45. The standard InChI is InChI=1S/C14H25N3O2/c1-10(2)8-17-9-11(7-13(17)18)14(19)16-5-3-12(15)4-6-16/h10-12H,3-9,15H2,1-2H3. The van der Waals surface area contributed by atoms with Crippen LogP contribution in [0.4, 0.5) is 0 Å². The molecule has 2 aliphatic rings. The van der Waals surface area contributed by atoms with E-state index in [1.54, 1.807) is 0 Å². The van der Waals surface area contributed by atoms with Gasteiger partial charge in [0.05, 0.1) is 5.92 Å². The molecule has 0 aromatic rings. The Hall–Kier alpha value is -1.10. The van der Waals surface area contributed by atoms with Crippen molar-refractivity contribution in [3.05, 3.63) is 0 Å². The van der Waals surface area contributed by atoms with Gasteiger partial charge in [-0.2, -0.15) is 0 Å². The minimum absolute atomic E-state index is 0.126. The van der Waals surface area contributed by atoms with Gasteiger partial charge in [-0.1, -0.05) is 13.8 Å². The molecule has 2 amide bonds. The number of carbonyl (C=O) groups excluding carboxylic acids is 2. The Bertz CT molecular complexity index is 349. The highest BCUT2D eigenvalue weighted by molar-refractivity contribution is 5.89. The molecule has 2 N–H and O–H groups in total. The SMILES string of the molecule is CC(C)CN1CC(C(=O)N2CCC(N)CC2)CC1=O. The number of nitrogens with zero attached hydrogens (tertiary/aromatic N) is 2. The van der Waals surface area contributed by atoms with Crippen LogP contribution in [0, 0.1) is 11.8 Å². The highest BCUT2D eigenvalue weighted by Crippen LogP contribution is 2.22. The molecule has 108 valence electrons. The van der Waals surface area contributed by atoms with Gasteiger partial charge in [0.15, 0.2) is 0 Å². The van der Waals surface area contributed by atoms with Crippen LogP contribution in [-0.4, -0.2) is 53.8 Å². The molecule has 1 unspecified atom stereocenters. The number of carbonyl (C=O) groups is 2. The molecule has 0 aromatic carbocycles. The number of likely N-dealkylation sites (tertiary alicyclic amines) is 2. The lowest BCUT2D eigenvalue weighted by Crippen LogP contribution is -2.45. The zero-order valence-electron chi connectivity index (χ0n) is 12.0. The van der Waals surface area contributed by atoms with Gasteiger partial charge in [-0.15, -0.1) is 0 Å². The quantitative estimate of drug-likeness (QED) is 0.807. The maximum atomic E-state index is 12.4. The van der Waals surface area contributed by atoms with Gasteiger partial charge in [-0.05, 0) is 18.8 Å². The van der Waals surface area contributed by atoms with E-state index < -0.39 is 0 Å². The molecule has 2 heterocycles.